The van der Waals surface area contributed by atoms with E-state index in [4.69, 9.17) is 0 Å². The van der Waals surface area contributed by atoms with Gasteiger partial charge in [-0.25, -0.2) is 5.01 Å². The molecule has 1 aromatic carbocycles. The Balaban J connectivity index is 1.64. The molecule has 5 heteroatoms. The van der Waals surface area contributed by atoms with Crippen molar-refractivity contribution in [3.05, 3.63) is 35.9 Å². The van der Waals surface area contributed by atoms with Crippen LogP contribution in [0, 0.1) is 11.8 Å². The number of hydrazone groups is 1. The summed E-state index contributed by atoms with van der Waals surface area (Å²) in [6.45, 7) is 4.45. The van der Waals surface area contributed by atoms with Gasteiger partial charge in [0.2, 0.25) is 11.8 Å². The van der Waals surface area contributed by atoms with Crippen LogP contribution in [0.4, 0.5) is 0 Å². The molecule has 1 N–H and O–H groups in total. The molecule has 0 unspecified atom stereocenters. The summed E-state index contributed by atoms with van der Waals surface area (Å²) in [5, 5.41) is 8.89. The van der Waals surface area contributed by atoms with Gasteiger partial charge in [-0.05, 0) is 23.8 Å². The molecule has 0 saturated heterocycles. The number of nitrogens with zero attached hydrogens (tertiary/aromatic N) is 2. The summed E-state index contributed by atoms with van der Waals surface area (Å²) in [6, 6.07) is 10.0. The van der Waals surface area contributed by atoms with Crippen molar-refractivity contribution < 1.29 is 9.59 Å². The zero-order chi connectivity index (χ0) is 17.8. The fourth-order valence-corrected chi connectivity index (χ4v) is 3.74. The Kier molecular flexibility index (Phi) is 5.51. The number of hydrogen-bond donors (Lipinski definition) is 1. The first-order chi connectivity index (χ1) is 12.0. The second kappa shape index (κ2) is 7.81. The van der Waals surface area contributed by atoms with Gasteiger partial charge in [0.15, 0.2) is 0 Å². The SMILES string of the molecule is C[C@H]1[C@H](C)CCC[C@@H]1NC(=O)CN1N=C(c2ccccc2)CCC1=O. The van der Waals surface area contributed by atoms with Crippen molar-refractivity contribution in [2.45, 2.75) is 52.0 Å². The van der Waals surface area contributed by atoms with Crippen LogP contribution < -0.4 is 5.32 Å². The summed E-state index contributed by atoms with van der Waals surface area (Å²) in [4.78, 5) is 24.6. The van der Waals surface area contributed by atoms with Crippen LogP contribution in [0.2, 0.25) is 0 Å². The highest BCUT2D eigenvalue weighted by Gasteiger charge is 2.29. The summed E-state index contributed by atoms with van der Waals surface area (Å²) >= 11 is 0. The van der Waals surface area contributed by atoms with Gasteiger partial charge in [-0.2, -0.15) is 5.10 Å². The van der Waals surface area contributed by atoms with Gasteiger partial charge in [0.25, 0.3) is 0 Å². The maximum atomic E-state index is 12.4. The number of nitrogens with one attached hydrogen (secondary N) is 1. The zero-order valence-electron chi connectivity index (χ0n) is 15.1. The van der Waals surface area contributed by atoms with Crippen LogP contribution in [0.5, 0.6) is 0 Å². The predicted octanol–water partition coefficient (Wildman–Crippen LogP) is 2.95. The Hall–Kier alpha value is -2.17. The van der Waals surface area contributed by atoms with E-state index in [2.05, 4.69) is 24.3 Å². The molecule has 2 amide bonds. The van der Waals surface area contributed by atoms with Gasteiger partial charge in [0.1, 0.15) is 6.54 Å². The summed E-state index contributed by atoms with van der Waals surface area (Å²) in [6.07, 6.45) is 4.41. The Bertz CT molecular complexity index is 656. The predicted molar refractivity (Wildman–Crippen MR) is 98.0 cm³/mol. The standard InChI is InChI=1S/C20H27N3O2/c1-14-7-6-10-17(15(14)2)21-19(24)13-23-20(25)12-11-18(22-23)16-8-4-3-5-9-16/h3-5,8-9,14-15,17H,6-7,10-13H2,1-2H3,(H,21,24)/t14-,15+,17+/m1/s1. The smallest absolute Gasteiger partial charge is 0.243 e. The molecule has 3 rings (SSSR count). The third-order valence-corrected chi connectivity index (χ3v) is 5.56. The van der Waals surface area contributed by atoms with Crippen molar-refractivity contribution in [3.63, 3.8) is 0 Å². The number of carbonyl (C=O) groups excluding carboxylic acids is 2. The Morgan fingerprint density at radius 2 is 1.96 bits per heavy atom. The zero-order valence-corrected chi connectivity index (χ0v) is 15.1. The van der Waals surface area contributed by atoms with Crippen molar-refractivity contribution in [2.75, 3.05) is 6.54 Å². The summed E-state index contributed by atoms with van der Waals surface area (Å²) < 4.78 is 0. The fraction of sp³-hybridized carbons (Fsp3) is 0.550. The molecule has 0 radical (unpaired) electrons. The van der Waals surface area contributed by atoms with Gasteiger partial charge in [0, 0.05) is 18.9 Å². The van der Waals surface area contributed by atoms with Gasteiger partial charge in [-0.3, -0.25) is 9.59 Å². The van der Waals surface area contributed by atoms with Gasteiger partial charge in [0.05, 0.1) is 5.71 Å². The van der Waals surface area contributed by atoms with Gasteiger partial charge in [-0.15, -0.1) is 0 Å². The van der Waals surface area contributed by atoms with Crippen molar-refractivity contribution in [1.82, 2.24) is 10.3 Å². The van der Waals surface area contributed by atoms with E-state index in [0.29, 0.717) is 24.7 Å². The number of benzene rings is 1. The normalized spacial score (nSPS) is 27.0. The van der Waals surface area contributed by atoms with Crippen LogP contribution in [0.1, 0.15) is 51.5 Å². The molecule has 1 aliphatic carbocycles. The van der Waals surface area contributed by atoms with Crippen molar-refractivity contribution >= 4 is 17.5 Å². The maximum absolute atomic E-state index is 12.4. The van der Waals surface area contributed by atoms with Crippen LogP contribution in [0.25, 0.3) is 0 Å². The maximum Gasteiger partial charge on any atom is 0.243 e. The number of amides is 2. The number of carbonyl (C=O) groups is 2. The van der Waals surface area contributed by atoms with Crippen LogP contribution in [-0.4, -0.2) is 35.1 Å². The lowest BCUT2D eigenvalue weighted by molar-refractivity contribution is -0.137. The topological polar surface area (TPSA) is 61.8 Å². The summed E-state index contributed by atoms with van der Waals surface area (Å²) in [7, 11) is 0. The molecule has 25 heavy (non-hydrogen) atoms. The van der Waals surface area contributed by atoms with E-state index in [1.807, 2.05) is 30.3 Å². The molecule has 1 heterocycles. The van der Waals surface area contributed by atoms with E-state index in [-0.39, 0.29) is 24.4 Å². The fourth-order valence-electron chi connectivity index (χ4n) is 3.74. The van der Waals surface area contributed by atoms with E-state index in [0.717, 1.165) is 24.1 Å². The van der Waals surface area contributed by atoms with Gasteiger partial charge >= 0.3 is 0 Å². The lowest BCUT2D eigenvalue weighted by atomic mass is 9.78. The minimum absolute atomic E-state index is 0.00671. The lowest BCUT2D eigenvalue weighted by Crippen LogP contribution is -2.48. The highest BCUT2D eigenvalue weighted by Crippen LogP contribution is 2.29. The Morgan fingerprint density at radius 3 is 2.72 bits per heavy atom. The molecule has 1 saturated carbocycles. The van der Waals surface area contributed by atoms with Crippen molar-refractivity contribution in [1.29, 1.82) is 0 Å². The first-order valence-electron chi connectivity index (χ1n) is 9.27. The minimum Gasteiger partial charge on any atom is -0.351 e. The molecule has 5 nitrogen and oxygen atoms in total. The van der Waals surface area contributed by atoms with Crippen LogP contribution in [0.15, 0.2) is 35.4 Å². The third kappa shape index (κ3) is 4.27. The molecular weight excluding hydrogens is 314 g/mol. The molecule has 1 fully saturated rings. The highest BCUT2D eigenvalue weighted by molar-refractivity contribution is 6.04. The largest absolute Gasteiger partial charge is 0.351 e. The van der Waals surface area contributed by atoms with E-state index in [1.54, 1.807) is 0 Å². The molecule has 0 aromatic heterocycles. The third-order valence-electron chi connectivity index (χ3n) is 5.56. The van der Waals surface area contributed by atoms with Gasteiger partial charge in [-0.1, -0.05) is 57.0 Å². The van der Waals surface area contributed by atoms with E-state index < -0.39 is 0 Å². The number of hydrogen-bond acceptors (Lipinski definition) is 3. The molecule has 1 aromatic rings. The van der Waals surface area contributed by atoms with Crippen LogP contribution in [-0.2, 0) is 9.59 Å². The minimum atomic E-state index is -0.114. The molecule has 134 valence electrons. The quantitative estimate of drug-likeness (QED) is 0.915. The first-order valence-corrected chi connectivity index (χ1v) is 9.27. The Morgan fingerprint density at radius 1 is 1.20 bits per heavy atom. The van der Waals surface area contributed by atoms with Gasteiger partial charge < -0.3 is 5.32 Å². The van der Waals surface area contributed by atoms with E-state index >= 15 is 0 Å². The molecule has 0 spiro atoms. The summed E-state index contributed by atoms with van der Waals surface area (Å²) in [5.74, 6) is 0.897. The Labute approximate surface area is 149 Å². The molecule has 3 atom stereocenters. The average Bonchev–Trinajstić information content (AvgIpc) is 2.61. The lowest BCUT2D eigenvalue weighted by Gasteiger charge is -2.35. The second-order valence-corrected chi connectivity index (χ2v) is 7.31. The second-order valence-electron chi connectivity index (χ2n) is 7.31. The molecule has 0 bridgehead atoms. The summed E-state index contributed by atoms with van der Waals surface area (Å²) in [5.41, 5.74) is 1.88. The average molecular weight is 341 g/mol. The number of rotatable bonds is 4. The van der Waals surface area contributed by atoms with Crippen LogP contribution in [0.3, 0.4) is 0 Å². The van der Waals surface area contributed by atoms with Crippen LogP contribution >= 0.6 is 0 Å². The molecular formula is C20H27N3O2. The van der Waals surface area contributed by atoms with Crippen molar-refractivity contribution in [2.24, 2.45) is 16.9 Å². The van der Waals surface area contributed by atoms with E-state index in [9.17, 15) is 9.59 Å². The molecule has 1 aliphatic heterocycles. The van der Waals surface area contributed by atoms with Crippen molar-refractivity contribution in [3.8, 4) is 0 Å². The monoisotopic (exact) mass is 341 g/mol. The molecule has 2 aliphatic rings. The van der Waals surface area contributed by atoms with E-state index in [1.165, 1.54) is 11.4 Å². The highest BCUT2D eigenvalue weighted by atomic mass is 16.2. The first kappa shape index (κ1) is 17.6.